The summed E-state index contributed by atoms with van der Waals surface area (Å²) in [7, 11) is 0. The molecule has 1 aliphatic carbocycles. The first kappa shape index (κ1) is 23.7. The van der Waals surface area contributed by atoms with E-state index in [0.29, 0.717) is 12.8 Å². The van der Waals surface area contributed by atoms with Crippen molar-refractivity contribution in [2.45, 2.75) is 84.1 Å². The number of alkyl carbamates (subject to hydrolysis) is 1. The van der Waals surface area contributed by atoms with E-state index in [1.54, 1.807) is 20.8 Å². The van der Waals surface area contributed by atoms with Crippen molar-refractivity contribution in [2.75, 3.05) is 0 Å². The molecular formula is C23H34N2O5. The lowest BCUT2D eigenvalue weighted by Gasteiger charge is -2.42. The van der Waals surface area contributed by atoms with Gasteiger partial charge in [-0.05, 0) is 51.5 Å². The maximum Gasteiger partial charge on any atom is 0.408 e. The minimum Gasteiger partial charge on any atom is -0.459 e. The first-order valence-electron chi connectivity index (χ1n) is 10.5. The Morgan fingerprint density at radius 3 is 2.23 bits per heavy atom. The predicted octanol–water partition coefficient (Wildman–Crippen LogP) is 3.71. The molecule has 2 N–H and O–H groups in total. The number of amides is 2. The second-order valence-electron chi connectivity index (χ2n) is 9.32. The zero-order valence-corrected chi connectivity index (χ0v) is 18.6. The first-order valence-corrected chi connectivity index (χ1v) is 10.5. The lowest BCUT2D eigenvalue weighted by Crippen LogP contribution is -2.57. The average Bonchev–Trinajstić information content (AvgIpc) is 2.61. The van der Waals surface area contributed by atoms with Crippen molar-refractivity contribution in [3.05, 3.63) is 35.9 Å². The highest BCUT2D eigenvalue weighted by atomic mass is 16.6. The van der Waals surface area contributed by atoms with Gasteiger partial charge in [-0.25, -0.2) is 9.59 Å². The summed E-state index contributed by atoms with van der Waals surface area (Å²) in [5.41, 5.74) is -0.348. The van der Waals surface area contributed by atoms with Crippen LogP contribution in [0.1, 0.15) is 65.9 Å². The largest absolute Gasteiger partial charge is 0.459 e. The van der Waals surface area contributed by atoms with Crippen LogP contribution in [0.3, 0.4) is 0 Å². The zero-order chi connectivity index (χ0) is 22.4. The maximum absolute atomic E-state index is 12.7. The summed E-state index contributed by atoms with van der Waals surface area (Å²) >= 11 is 0. The van der Waals surface area contributed by atoms with Crippen LogP contribution in [0.5, 0.6) is 0 Å². The van der Waals surface area contributed by atoms with Crippen molar-refractivity contribution >= 4 is 18.0 Å². The highest BCUT2D eigenvalue weighted by Crippen LogP contribution is 2.35. The lowest BCUT2D eigenvalue weighted by molar-refractivity contribution is -0.150. The van der Waals surface area contributed by atoms with Crippen LogP contribution in [0.4, 0.5) is 4.79 Å². The number of benzene rings is 1. The zero-order valence-electron chi connectivity index (χ0n) is 18.6. The van der Waals surface area contributed by atoms with Gasteiger partial charge in [-0.15, -0.1) is 0 Å². The van der Waals surface area contributed by atoms with Crippen molar-refractivity contribution in [3.63, 3.8) is 0 Å². The van der Waals surface area contributed by atoms with E-state index in [1.807, 2.05) is 44.2 Å². The average molecular weight is 419 g/mol. The fourth-order valence-corrected chi connectivity index (χ4v) is 3.32. The van der Waals surface area contributed by atoms with Crippen molar-refractivity contribution in [1.29, 1.82) is 0 Å². The van der Waals surface area contributed by atoms with Crippen LogP contribution in [0.2, 0.25) is 0 Å². The topological polar surface area (TPSA) is 93.7 Å². The smallest absolute Gasteiger partial charge is 0.408 e. The van der Waals surface area contributed by atoms with Gasteiger partial charge in [-0.1, -0.05) is 44.2 Å². The monoisotopic (exact) mass is 418 g/mol. The molecule has 1 fully saturated rings. The summed E-state index contributed by atoms with van der Waals surface area (Å²) in [6.07, 6.45) is 1.89. The standard InChI is InChI=1S/C23H34N2O5/c1-16(2)19(20(27)29-15-17-10-7-6-8-11-17)24-18(26)14-23(12-9-13-23)25-21(28)30-22(3,4)5/h6-8,10-11,16,19H,9,12-15H2,1-5H3,(H,24,26)(H,25,28)/t19-/m0/s1. The number of rotatable bonds is 8. The molecule has 0 aromatic heterocycles. The molecule has 0 unspecified atom stereocenters. The van der Waals surface area contributed by atoms with Gasteiger partial charge in [0, 0.05) is 6.42 Å². The van der Waals surface area contributed by atoms with Gasteiger partial charge in [0.2, 0.25) is 5.91 Å². The summed E-state index contributed by atoms with van der Waals surface area (Å²) in [5, 5.41) is 5.65. The van der Waals surface area contributed by atoms with E-state index < -0.39 is 29.2 Å². The number of nitrogens with one attached hydrogen (secondary N) is 2. The van der Waals surface area contributed by atoms with Crippen molar-refractivity contribution in [1.82, 2.24) is 10.6 Å². The Kier molecular flexibility index (Phi) is 7.87. The summed E-state index contributed by atoms with van der Waals surface area (Å²) in [6.45, 7) is 9.24. The minimum atomic E-state index is -0.750. The molecule has 1 saturated carbocycles. The number of ether oxygens (including phenoxy) is 2. The Balaban J connectivity index is 1.92. The van der Waals surface area contributed by atoms with Gasteiger partial charge >= 0.3 is 12.1 Å². The molecule has 7 nitrogen and oxygen atoms in total. The molecule has 0 aliphatic heterocycles. The number of carbonyl (C=O) groups excluding carboxylic acids is 3. The molecule has 0 bridgehead atoms. The van der Waals surface area contributed by atoms with Gasteiger partial charge in [-0.3, -0.25) is 4.79 Å². The van der Waals surface area contributed by atoms with E-state index in [1.165, 1.54) is 0 Å². The molecule has 0 radical (unpaired) electrons. The molecule has 30 heavy (non-hydrogen) atoms. The molecule has 0 saturated heterocycles. The number of hydrogen-bond donors (Lipinski definition) is 2. The van der Waals surface area contributed by atoms with Crippen LogP contribution in [0, 0.1) is 5.92 Å². The van der Waals surface area contributed by atoms with Crippen molar-refractivity contribution in [2.24, 2.45) is 5.92 Å². The third kappa shape index (κ3) is 7.35. The molecule has 2 rings (SSSR count). The van der Waals surface area contributed by atoms with Crippen LogP contribution in [0.15, 0.2) is 30.3 Å². The highest BCUT2D eigenvalue weighted by Gasteiger charge is 2.42. The summed E-state index contributed by atoms with van der Waals surface area (Å²) < 4.78 is 10.7. The third-order valence-corrected chi connectivity index (χ3v) is 5.04. The summed E-state index contributed by atoms with van der Waals surface area (Å²) in [4.78, 5) is 37.4. The molecule has 0 heterocycles. The van der Waals surface area contributed by atoms with Gasteiger partial charge in [0.05, 0.1) is 5.54 Å². The Bertz CT molecular complexity index is 736. The molecule has 7 heteroatoms. The molecule has 1 aromatic carbocycles. The Hall–Kier alpha value is -2.57. The molecule has 0 spiro atoms. The van der Waals surface area contributed by atoms with E-state index >= 15 is 0 Å². The molecule has 1 atom stereocenters. The Morgan fingerprint density at radius 2 is 1.73 bits per heavy atom. The van der Waals surface area contributed by atoms with Crippen LogP contribution in [-0.2, 0) is 25.7 Å². The van der Waals surface area contributed by atoms with Crippen LogP contribution >= 0.6 is 0 Å². The van der Waals surface area contributed by atoms with Gasteiger partial charge < -0.3 is 20.1 Å². The molecule has 1 aromatic rings. The van der Waals surface area contributed by atoms with Crippen LogP contribution in [0.25, 0.3) is 0 Å². The fourth-order valence-electron chi connectivity index (χ4n) is 3.32. The second-order valence-corrected chi connectivity index (χ2v) is 9.32. The lowest BCUT2D eigenvalue weighted by atomic mass is 9.74. The van der Waals surface area contributed by atoms with E-state index in [4.69, 9.17) is 9.47 Å². The number of hydrogen-bond acceptors (Lipinski definition) is 5. The highest BCUT2D eigenvalue weighted by molar-refractivity contribution is 5.85. The van der Waals surface area contributed by atoms with Crippen LogP contribution < -0.4 is 10.6 Å². The quantitative estimate of drug-likeness (QED) is 0.628. The van der Waals surface area contributed by atoms with Gasteiger partial charge in [-0.2, -0.15) is 0 Å². The predicted molar refractivity (Wildman–Crippen MR) is 114 cm³/mol. The number of esters is 1. The normalized spacial score (nSPS) is 16.2. The van der Waals surface area contributed by atoms with E-state index in [9.17, 15) is 14.4 Å². The van der Waals surface area contributed by atoms with Gasteiger partial charge in [0.1, 0.15) is 18.2 Å². The second kappa shape index (κ2) is 9.96. The maximum atomic E-state index is 12.7. The molecule has 2 amide bonds. The Labute approximate surface area is 178 Å². The third-order valence-electron chi connectivity index (χ3n) is 5.04. The van der Waals surface area contributed by atoms with E-state index in [0.717, 1.165) is 12.0 Å². The van der Waals surface area contributed by atoms with Crippen molar-refractivity contribution < 1.29 is 23.9 Å². The molecule has 166 valence electrons. The van der Waals surface area contributed by atoms with E-state index in [2.05, 4.69) is 10.6 Å². The van der Waals surface area contributed by atoms with E-state index in [-0.39, 0.29) is 24.9 Å². The summed E-state index contributed by atoms with van der Waals surface area (Å²) in [5.74, 6) is -0.889. The SMILES string of the molecule is CC(C)[C@H](NC(=O)CC1(NC(=O)OC(C)(C)C)CCC1)C(=O)OCc1ccccc1. The van der Waals surface area contributed by atoms with Crippen molar-refractivity contribution in [3.8, 4) is 0 Å². The fraction of sp³-hybridized carbons (Fsp3) is 0.609. The summed E-state index contributed by atoms with van der Waals surface area (Å²) in [6, 6.07) is 8.64. The van der Waals surface area contributed by atoms with Gasteiger partial charge in [0.25, 0.3) is 0 Å². The molecule has 1 aliphatic rings. The van der Waals surface area contributed by atoms with Gasteiger partial charge in [0.15, 0.2) is 0 Å². The molecular weight excluding hydrogens is 384 g/mol. The van der Waals surface area contributed by atoms with Crippen LogP contribution in [-0.4, -0.2) is 35.2 Å². The Morgan fingerprint density at radius 1 is 1.10 bits per heavy atom. The first-order chi connectivity index (χ1) is 14.0. The number of carbonyl (C=O) groups is 3. The minimum absolute atomic E-state index is 0.0986.